The number of halogens is 2. The van der Waals surface area contributed by atoms with E-state index < -0.39 is 0 Å². The van der Waals surface area contributed by atoms with E-state index in [-0.39, 0.29) is 5.35 Å². The lowest BCUT2D eigenvalue weighted by atomic mass is 10.1. The molecular formula is C17H14Cl2N2O. The smallest absolute Gasteiger partial charge is 0.293 e. The van der Waals surface area contributed by atoms with Crippen LogP contribution in [0.3, 0.4) is 0 Å². The average molecular weight is 333 g/mol. The molecule has 22 heavy (non-hydrogen) atoms. The molecule has 0 N–H and O–H groups in total. The van der Waals surface area contributed by atoms with Crippen LogP contribution in [0.15, 0.2) is 52.9 Å². The van der Waals surface area contributed by atoms with Gasteiger partial charge in [0, 0.05) is 25.2 Å². The Morgan fingerprint density at radius 3 is 2.32 bits per heavy atom. The first-order valence-corrected chi connectivity index (χ1v) is 7.51. The summed E-state index contributed by atoms with van der Waals surface area (Å²) in [5.41, 5.74) is 3.44. The number of aromatic nitrogens is 1. The summed E-state index contributed by atoms with van der Waals surface area (Å²) in [4.78, 5) is 6.25. The number of rotatable bonds is 3. The van der Waals surface area contributed by atoms with E-state index in [0.29, 0.717) is 16.5 Å². The van der Waals surface area contributed by atoms with Crippen LogP contribution in [0.25, 0.3) is 22.6 Å². The van der Waals surface area contributed by atoms with Crippen molar-refractivity contribution in [2.75, 3.05) is 19.0 Å². The van der Waals surface area contributed by atoms with Crippen molar-refractivity contribution in [3.05, 3.63) is 58.9 Å². The van der Waals surface area contributed by atoms with Gasteiger partial charge in [0.05, 0.1) is 10.7 Å². The minimum absolute atomic E-state index is 0.113. The molecule has 0 radical (unpaired) electrons. The highest BCUT2D eigenvalue weighted by Crippen LogP contribution is 2.37. The van der Waals surface area contributed by atoms with Gasteiger partial charge in [-0.15, -0.1) is 0 Å². The molecule has 3 aromatic rings. The summed E-state index contributed by atoms with van der Waals surface area (Å²) in [6, 6.07) is 15.5. The van der Waals surface area contributed by atoms with Gasteiger partial charge in [-0.25, -0.2) is 0 Å². The Balaban J connectivity index is 2.12. The second-order valence-corrected chi connectivity index (χ2v) is 5.80. The van der Waals surface area contributed by atoms with Crippen molar-refractivity contribution >= 4 is 28.9 Å². The van der Waals surface area contributed by atoms with Gasteiger partial charge in [-0.1, -0.05) is 41.9 Å². The van der Waals surface area contributed by atoms with Crippen LogP contribution < -0.4 is 4.90 Å². The van der Waals surface area contributed by atoms with Gasteiger partial charge in [-0.3, -0.25) is 0 Å². The topological polar surface area (TPSA) is 29.3 Å². The van der Waals surface area contributed by atoms with Crippen LogP contribution in [0.5, 0.6) is 0 Å². The summed E-state index contributed by atoms with van der Waals surface area (Å²) in [6.07, 6.45) is 0. The summed E-state index contributed by atoms with van der Waals surface area (Å²) in [5, 5.41) is 0.760. The maximum atomic E-state index is 6.34. The minimum atomic E-state index is 0.113. The molecule has 0 saturated heterocycles. The third-order valence-corrected chi connectivity index (χ3v) is 3.80. The first kappa shape index (κ1) is 14.9. The lowest BCUT2D eigenvalue weighted by Crippen LogP contribution is -2.08. The molecule has 0 unspecified atom stereocenters. The largest absolute Gasteiger partial charge is 0.427 e. The molecule has 0 aliphatic rings. The van der Waals surface area contributed by atoms with Crippen molar-refractivity contribution in [1.82, 2.24) is 4.98 Å². The van der Waals surface area contributed by atoms with E-state index in [9.17, 15) is 0 Å². The van der Waals surface area contributed by atoms with Gasteiger partial charge in [-0.2, -0.15) is 4.98 Å². The molecule has 0 atom stereocenters. The van der Waals surface area contributed by atoms with E-state index in [1.165, 1.54) is 0 Å². The van der Waals surface area contributed by atoms with Gasteiger partial charge < -0.3 is 9.32 Å². The molecule has 5 heteroatoms. The number of oxazole rings is 1. The lowest BCUT2D eigenvalue weighted by Gasteiger charge is -2.14. The van der Waals surface area contributed by atoms with Crippen LogP contribution in [-0.4, -0.2) is 19.1 Å². The third-order valence-electron chi connectivity index (χ3n) is 3.34. The molecule has 0 amide bonds. The van der Waals surface area contributed by atoms with Crippen LogP contribution in [0, 0.1) is 0 Å². The van der Waals surface area contributed by atoms with E-state index in [0.717, 1.165) is 16.8 Å². The van der Waals surface area contributed by atoms with Crippen molar-refractivity contribution in [2.45, 2.75) is 0 Å². The molecule has 112 valence electrons. The zero-order valence-electron chi connectivity index (χ0n) is 12.2. The molecule has 3 nitrogen and oxygen atoms in total. The van der Waals surface area contributed by atoms with Gasteiger partial charge in [-0.05, 0) is 29.8 Å². The first-order chi connectivity index (χ1) is 10.6. The van der Waals surface area contributed by atoms with Crippen LogP contribution >= 0.6 is 23.2 Å². The molecular weight excluding hydrogens is 319 g/mol. The minimum Gasteiger partial charge on any atom is -0.427 e. The Morgan fingerprint density at radius 2 is 1.68 bits per heavy atom. The Morgan fingerprint density at radius 1 is 0.955 bits per heavy atom. The van der Waals surface area contributed by atoms with Gasteiger partial charge in [0.15, 0.2) is 5.76 Å². The molecule has 0 bridgehead atoms. The van der Waals surface area contributed by atoms with Gasteiger partial charge >= 0.3 is 0 Å². The fourth-order valence-electron chi connectivity index (χ4n) is 2.29. The van der Waals surface area contributed by atoms with Gasteiger partial charge in [0.1, 0.15) is 5.69 Å². The lowest BCUT2D eigenvalue weighted by molar-refractivity contribution is 0.574. The maximum absolute atomic E-state index is 6.34. The van der Waals surface area contributed by atoms with E-state index in [4.69, 9.17) is 27.6 Å². The van der Waals surface area contributed by atoms with Crippen molar-refractivity contribution in [2.24, 2.45) is 0 Å². The summed E-state index contributed by atoms with van der Waals surface area (Å²) >= 11 is 12.3. The summed E-state index contributed by atoms with van der Waals surface area (Å²) < 4.78 is 5.59. The van der Waals surface area contributed by atoms with Crippen LogP contribution in [0.1, 0.15) is 0 Å². The molecule has 0 aliphatic carbocycles. The van der Waals surface area contributed by atoms with Crippen molar-refractivity contribution in [3.63, 3.8) is 0 Å². The number of benzene rings is 2. The number of hydrogen-bond acceptors (Lipinski definition) is 3. The maximum Gasteiger partial charge on any atom is 0.293 e. The molecule has 1 heterocycles. The van der Waals surface area contributed by atoms with Crippen LogP contribution in [0.4, 0.5) is 5.69 Å². The SMILES string of the molecule is CN(C)c1ccc(-c2oc(Cl)nc2-c2ccccc2)cc1Cl. The molecule has 2 aromatic carbocycles. The third kappa shape index (κ3) is 2.82. The average Bonchev–Trinajstić information content (AvgIpc) is 2.89. The van der Waals surface area contributed by atoms with Crippen molar-refractivity contribution < 1.29 is 4.42 Å². The number of nitrogens with zero attached hydrogens (tertiary/aromatic N) is 2. The summed E-state index contributed by atoms with van der Waals surface area (Å²) in [7, 11) is 3.89. The summed E-state index contributed by atoms with van der Waals surface area (Å²) in [6.45, 7) is 0. The fraction of sp³-hybridized carbons (Fsp3) is 0.118. The predicted octanol–water partition coefficient (Wildman–Crippen LogP) is 5.38. The Kier molecular flexibility index (Phi) is 4.10. The zero-order chi connectivity index (χ0) is 15.7. The number of hydrogen-bond donors (Lipinski definition) is 0. The highest BCUT2D eigenvalue weighted by molar-refractivity contribution is 6.33. The fourth-order valence-corrected chi connectivity index (χ4v) is 2.80. The Labute approximate surface area is 139 Å². The van der Waals surface area contributed by atoms with Crippen molar-refractivity contribution in [1.29, 1.82) is 0 Å². The molecule has 1 aromatic heterocycles. The van der Waals surface area contributed by atoms with E-state index in [2.05, 4.69) is 4.98 Å². The zero-order valence-corrected chi connectivity index (χ0v) is 13.7. The highest BCUT2D eigenvalue weighted by atomic mass is 35.5. The second-order valence-electron chi connectivity index (χ2n) is 5.07. The molecule has 0 fully saturated rings. The van der Waals surface area contributed by atoms with E-state index in [1.807, 2.05) is 67.5 Å². The van der Waals surface area contributed by atoms with Crippen LogP contribution in [-0.2, 0) is 0 Å². The Hall–Kier alpha value is -1.97. The second kappa shape index (κ2) is 6.03. The van der Waals surface area contributed by atoms with Crippen molar-refractivity contribution in [3.8, 4) is 22.6 Å². The standard InChI is InChI=1S/C17H14Cl2N2O/c1-21(2)14-9-8-12(10-13(14)18)16-15(20-17(19)22-16)11-6-4-3-5-7-11/h3-10H,1-2H3. The molecule has 3 rings (SSSR count). The van der Waals surface area contributed by atoms with E-state index in [1.54, 1.807) is 0 Å². The quantitative estimate of drug-likeness (QED) is 0.644. The molecule has 0 spiro atoms. The monoisotopic (exact) mass is 332 g/mol. The number of anilines is 1. The normalized spacial score (nSPS) is 10.7. The molecule has 0 aliphatic heterocycles. The molecule has 0 saturated carbocycles. The van der Waals surface area contributed by atoms with E-state index >= 15 is 0 Å². The van der Waals surface area contributed by atoms with Gasteiger partial charge in [0.2, 0.25) is 0 Å². The Bertz CT molecular complexity index is 798. The summed E-state index contributed by atoms with van der Waals surface area (Å²) in [5.74, 6) is 0.614. The predicted molar refractivity (Wildman–Crippen MR) is 91.7 cm³/mol. The first-order valence-electron chi connectivity index (χ1n) is 6.75. The highest BCUT2D eigenvalue weighted by Gasteiger charge is 2.17. The van der Waals surface area contributed by atoms with Gasteiger partial charge in [0.25, 0.3) is 5.35 Å². The van der Waals surface area contributed by atoms with Crippen LogP contribution in [0.2, 0.25) is 10.4 Å².